The average molecular weight is 162 g/mol. The Morgan fingerprint density at radius 1 is 1.70 bits per heavy atom. The van der Waals surface area contributed by atoms with E-state index in [2.05, 4.69) is 6.58 Å². The largest absolute Gasteiger partial charge is 0.371 e. The van der Waals surface area contributed by atoms with Crippen LogP contribution in [0.1, 0.15) is 0 Å². The third-order valence-electron chi connectivity index (χ3n) is 0.991. The highest BCUT2D eigenvalue weighted by atomic mass is 31.1. The summed E-state index contributed by atoms with van der Waals surface area (Å²) in [4.78, 5) is 0. The zero-order valence-corrected chi connectivity index (χ0v) is 6.71. The van der Waals surface area contributed by atoms with E-state index in [0.29, 0.717) is 19.3 Å². The molecule has 0 spiro atoms. The molecule has 1 heterocycles. The van der Waals surface area contributed by atoms with Gasteiger partial charge in [-0.1, -0.05) is 6.08 Å². The lowest BCUT2D eigenvalue weighted by atomic mass is 10.5. The summed E-state index contributed by atoms with van der Waals surface area (Å²) < 4.78 is 15.0. The van der Waals surface area contributed by atoms with Gasteiger partial charge in [0.05, 0.1) is 19.8 Å². The molecule has 0 aromatic carbocycles. The average Bonchev–Trinajstić information content (AvgIpc) is 2.71. The van der Waals surface area contributed by atoms with Gasteiger partial charge in [0.1, 0.15) is 6.10 Å². The third kappa shape index (κ3) is 3.96. The molecule has 58 valence electrons. The van der Waals surface area contributed by atoms with Crippen LogP contribution in [0.4, 0.5) is 0 Å². The molecule has 4 heteroatoms. The van der Waals surface area contributed by atoms with Gasteiger partial charge < -0.3 is 13.8 Å². The Hall–Kier alpha value is 0.0500. The molecule has 10 heavy (non-hydrogen) atoms. The minimum Gasteiger partial charge on any atom is -0.371 e. The monoisotopic (exact) mass is 162 g/mol. The maximum Gasteiger partial charge on any atom is 0.155 e. The van der Waals surface area contributed by atoms with Crippen molar-refractivity contribution in [2.24, 2.45) is 0 Å². The lowest BCUT2D eigenvalue weighted by molar-refractivity contribution is 0.250. The van der Waals surface area contributed by atoms with Gasteiger partial charge in [-0.15, -0.1) is 6.58 Å². The van der Waals surface area contributed by atoms with Gasteiger partial charge in [0.2, 0.25) is 0 Å². The molecule has 1 saturated heterocycles. The summed E-state index contributed by atoms with van der Waals surface area (Å²) in [6.07, 6.45) is 2.03. The normalized spacial score (nSPS) is 23.8. The van der Waals surface area contributed by atoms with Gasteiger partial charge in [-0.25, -0.2) is 0 Å². The van der Waals surface area contributed by atoms with Crippen molar-refractivity contribution in [3.8, 4) is 0 Å². The fraction of sp³-hybridized carbons (Fsp3) is 0.667. The molecule has 0 radical (unpaired) electrons. The van der Waals surface area contributed by atoms with E-state index in [0.717, 1.165) is 6.61 Å². The highest BCUT2D eigenvalue weighted by Gasteiger charge is 2.22. The van der Waals surface area contributed by atoms with Gasteiger partial charge >= 0.3 is 0 Å². The van der Waals surface area contributed by atoms with Gasteiger partial charge in [-0.2, -0.15) is 0 Å². The Balaban J connectivity index is 1.72. The highest BCUT2D eigenvalue weighted by molar-refractivity contribution is 7.26. The van der Waals surface area contributed by atoms with Crippen LogP contribution in [0.3, 0.4) is 0 Å². The van der Waals surface area contributed by atoms with E-state index >= 15 is 0 Å². The molecule has 1 fully saturated rings. The molecule has 0 saturated carbocycles. The number of rotatable bonds is 6. The fourth-order valence-electron chi connectivity index (χ4n) is 0.426. The summed E-state index contributed by atoms with van der Waals surface area (Å²) >= 11 is 0. The summed E-state index contributed by atoms with van der Waals surface area (Å²) in [5.41, 5.74) is 0. The van der Waals surface area contributed by atoms with Crippen molar-refractivity contribution in [1.29, 1.82) is 0 Å². The standard InChI is InChI=1S/C6H11O3P/c1-2-3-8-10-9-5-6-4-7-6/h2,6,10H,1,3-5H2. The fourth-order valence-corrected chi connectivity index (χ4v) is 0.949. The SMILES string of the molecule is C=CCOPOCC1CO1. The predicted octanol–water partition coefficient (Wildman–Crippen LogP) is 1.11. The van der Waals surface area contributed by atoms with Crippen LogP contribution < -0.4 is 0 Å². The van der Waals surface area contributed by atoms with E-state index in [1.165, 1.54) is 0 Å². The smallest absolute Gasteiger partial charge is 0.155 e. The molecule has 0 aliphatic carbocycles. The Labute approximate surface area is 62.3 Å². The lowest BCUT2D eigenvalue weighted by Gasteiger charge is -1.98. The minimum absolute atomic E-state index is 0.121. The van der Waals surface area contributed by atoms with Gasteiger partial charge in [-0.3, -0.25) is 0 Å². The van der Waals surface area contributed by atoms with E-state index in [9.17, 15) is 0 Å². The van der Waals surface area contributed by atoms with Crippen molar-refractivity contribution in [3.63, 3.8) is 0 Å². The second kappa shape index (κ2) is 4.80. The summed E-state index contributed by atoms with van der Waals surface area (Å²) in [5.74, 6) is 0. The second-order valence-electron chi connectivity index (χ2n) is 1.95. The number of hydrogen-bond donors (Lipinski definition) is 0. The van der Waals surface area contributed by atoms with Gasteiger partial charge in [0.15, 0.2) is 9.03 Å². The van der Waals surface area contributed by atoms with E-state index in [4.69, 9.17) is 13.8 Å². The summed E-state index contributed by atoms with van der Waals surface area (Å²) in [5, 5.41) is 0. The third-order valence-corrected chi connectivity index (χ3v) is 1.56. The van der Waals surface area contributed by atoms with Crippen molar-refractivity contribution >= 4 is 9.03 Å². The highest BCUT2D eigenvalue weighted by Crippen LogP contribution is 2.18. The first kappa shape index (κ1) is 8.15. The first-order valence-corrected chi connectivity index (χ1v) is 3.96. The van der Waals surface area contributed by atoms with Gasteiger partial charge in [0.25, 0.3) is 0 Å². The predicted molar refractivity (Wildman–Crippen MR) is 40.2 cm³/mol. The van der Waals surface area contributed by atoms with Crippen molar-refractivity contribution in [1.82, 2.24) is 0 Å². The summed E-state index contributed by atoms with van der Waals surface area (Å²) in [6.45, 7) is 5.57. The van der Waals surface area contributed by atoms with Crippen LogP contribution in [0.2, 0.25) is 0 Å². The van der Waals surface area contributed by atoms with Crippen LogP contribution >= 0.6 is 9.03 Å². The summed E-state index contributed by atoms with van der Waals surface area (Å²) in [7, 11) is 0.121. The number of ether oxygens (including phenoxy) is 1. The number of epoxide rings is 1. The maximum absolute atomic E-state index is 5.09. The van der Waals surface area contributed by atoms with Crippen LogP contribution in [0, 0.1) is 0 Å². The minimum atomic E-state index is 0.121. The Bertz CT molecular complexity index is 103. The number of hydrogen-bond acceptors (Lipinski definition) is 3. The van der Waals surface area contributed by atoms with Crippen LogP contribution in [0.25, 0.3) is 0 Å². The molecular weight excluding hydrogens is 151 g/mol. The molecule has 1 rings (SSSR count). The van der Waals surface area contributed by atoms with E-state index in [-0.39, 0.29) is 9.03 Å². The first-order valence-electron chi connectivity index (χ1n) is 3.14. The molecule has 0 N–H and O–H groups in total. The molecular formula is C6H11O3P. The van der Waals surface area contributed by atoms with Crippen LogP contribution in [0.15, 0.2) is 12.7 Å². The molecule has 0 bridgehead atoms. The Kier molecular flexibility index (Phi) is 3.91. The second-order valence-corrected chi connectivity index (χ2v) is 2.69. The van der Waals surface area contributed by atoms with Crippen molar-refractivity contribution in [2.45, 2.75) is 6.10 Å². The summed E-state index contributed by atoms with van der Waals surface area (Å²) in [6, 6.07) is 0. The van der Waals surface area contributed by atoms with E-state index < -0.39 is 0 Å². The molecule has 0 aromatic rings. The quantitative estimate of drug-likeness (QED) is 0.254. The molecule has 1 aliphatic rings. The van der Waals surface area contributed by atoms with Crippen LogP contribution in [-0.4, -0.2) is 25.9 Å². The van der Waals surface area contributed by atoms with Crippen LogP contribution in [0.5, 0.6) is 0 Å². The lowest BCUT2D eigenvalue weighted by Crippen LogP contribution is -1.94. The van der Waals surface area contributed by atoms with E-state index in [1.807, 2.05) is 0 Å². The van der Waals surface area contributed by atoms with Crippen LogP contribution in [-0.2, 0) is 13.8 Å². The first-order chi connectivity index (χ1) is 4.93. The maximum atomic E-state index is 5.09. The molecule has 3 nitrogen and oxygen atoms in total. The van der Waals surface area contributed by atoms with Gasteiger partial charge in [-0.05, 0) is 0 Å². The topological polar surface area (TPSA) is 31.0 Å². The molecule has 2 unspecified atom stereocenters. The molecule has 0 aromatic heterocycles. The van der Waals surface area contributed by atoms with Crippen molar-refractivity contribution in [2.75, 3.05) is 19.8 Å². The molecule has 2 atom stereocenters. The van der Waals surface area contributed by atoms with Crippen molar-refractivity contribution in [3.05, 3.63) is 12.7 Å². The molecule has 0 amide bonds. The zero-order chi connectivity index (χ0) is 7.23. The molecule has 1 aliphatic heterocycles. The van der Waals surface area contributed by atoms with Gasteiger partial charge in [0, 0.05) is 0 Å². The zero-order valence-electron chi connectivity index (χ0n) is 5.71. The Morgan fingerprint density at radius 2 is 2.50 bits per heavy atom. The van der Waals surface area contributed by atoms with E-state index in [1.54, 1.807) is 6.08 Å². The van der Waals surface area contributed by atoms with Crippen molar-refractivity contribution < 1.29 is 13.8 Å². The Morgan fingerprint density at radius 3 is 3.10 bits per heavy atom.